The monoisotopic (exact) mass is 237 g/mol. The Kier molecular flexibility index (Phi) is 4.37. The number of ketones is 1. The van der Waals surface area contributed by atoms with Crippen molar-refractivity contribution in [3.8, 4) is 11.5 Å². The number of aryl methyl sites for hydroxylation is 1. The van der Waals surface area contributed by atoms with Crippen LogP contribution in [0.25, 0.3) is 0 Å². The topological polar surface area (TPSA) is 47.6 Å². The van der Waals surface area contributed by atoms with Crippen molar-refractivity contribution < 1.29 is 14.3 Å². The van der Waals surface area contributed by atoms with Crippen LogP contribution in [-0.4, -0.2) is 26.0 Å². The molecule has 4 nitrogen and oxygen atoms in total. The number of benzene rings is 1. The lowest BCUT2D eigenvalue weighted by Crippen LogP contribution is -2.23. The normalized spacial score (nSPS) is 11.8. The molecule has 1 unspecified atom stereocenters. The number of nitrogens with one attached hydrogen (secondary N) is 1. The zero-order valence-electron chi connectivity index (χ0n) is 11.0. The van der Waals surface area contributed by atoms with E-state index < -0.39 is 0 Å². The molecule has 0 aliphatic rings. The second kappa shape index (κ2) is 5.57. The van der Waals surface area contributed by atoms with Crippen LogP contribution in [0.1, 0.15) is 19.4 Å². The van der Waals surface area contributed by atoms with Crippen molar-refractivity contribution in [1.29, 1.82) is 0 Å². The van der Waals surface area contributed by atoms with E-state index in [1.807, 2.05) is 26.0 Å². The van der Waals surface area contributed by atoms with Gasteiger partial charge < -0.3 is 14.8 Å². The molecule has 1 aromatic rings. The standard InChI is InChI=1S/C13H19NO3/c1-8-6-13(17-5)11(7-12(8)16-4)14-9(2)10(3)15/h6-7,9,14H,1-5H3. The number of hydrogen-bond donors (Lipinski definition) is 1. The Bertz CT molecular complexity index is 415. The smallest absolute Gasteiger partial charge is 0.151 e. The van der Waals surface area contributed by atoms with E-state index in [1.54, 1.807) is 21.1 Å². The third-order valence-electron chi connectivity index (χ3n) is 2.70. The van der Waals surface area contributed by atoms with Crippen LogP contribution in [0.15, 0.2) is 12.1 Å². The number of carbonyl (C=O) groups excluding carboxylic acids is 1. The molecule has 17 heavy (non-hydrogen) atoms. The lowest BCUT2D eigenvalue weighted by molar-refractivity contribution is -0.117. The molecule has 1 atom stereocenters. The van der Waals surface area contributed by atoms with Gasteiger partial charge in [0, 0.05) is 6.07 Å². The van der Waals surface area contributed by atoms with Crippen LogP contribution in [0.2, 0.25) is 0 Å². The molecule has 94 valence electrons. The highest BCUT2D eigenvalue weighted by Gasteiger charge is 2.13. The van der Waals surface area contributed by atoms with E-state index in [0.29, 0.717) is 5.75 Å². The van der Waals surface area contributed by atoms with Gasteiger partial charge in [-0.3, -0.25) is 4.79 Å². The fraction of sp³-hybridized carbons (Fsp3) is 0.462. The summed E-state index contributed by atoms with van der Waals surface area (Å²) in [5.74, 6) is 1.55. The van der Waals surface area contributed by atoms with Crippen molar-refractivity contribution in [1.82, 2.24) is 0 Å². The molecule has 4 heteroatoms. The van der Waals surface area contributed by atoms with Crippen molar-refractivity contribution in [2.24, 2.45) is 0 Å². The van der Waals surface area contributed by atoms with Gasteiger partial charge in [0.25, 0.3) is 0 Å². The number of rotatable bonds is 5. The number of methoxy groups -OCH3 is 2. The van der Waals surface area contributed by atoms with Gasteiger partial charge in [0.1, 0.15) is 11.5 Å². The summed E-state index contributed by atoms with van der Waals surface area (Å²) in [6.45, 7) is 5.31. The minimum atomic E-state index is -0.253. The van der Waals surface area contributed by atoms with Gasteiger partial charge in [0.2, 0.25) is 0 Å². The summed E-state index contributed by atoms with van der Waals surface area (Å²) in [5, 5.41) is 3.11. The molecule has 0 fully saturated rings. The molecule has 0 saturated carbocycles. The highest BCUT2D eigenvalue weighted by atomic mass is 16.5. The van der Waals surface area contributed by atoms with Crippen LogP contribution in [0.3, 0.4) is 0 Å². The first kappa shape index (κ1) is 13.4. The third-order valence-corrected chi connectivity index (χ3v) is 2.70. The molecule has 0 aromatic heterocycles. The molecule has 0 aliphatic heterocycles. The van der Waals surface area contributed by atoms with Crippen LogP contribution < -0.4 is 14.8 Å². The fourth-order valence-electron chi connectivity index (χ4n) is 1.50. The molecule has 0 amide bonds. The molecular weight excluding hydrogens is 218 g/mol. The number of ether oxygens (including phenoxy) is 2. The second-order valence-electron chi connectivity index (χ2n) is 4.00. The molecule has 0 bridgehead atoms. The van der Waals surface area contributed by atoms with E-state index in [-0.39, 0.29) is 11.8 Å². The maximum Gasteiger partial charge on any atom is 0.151 e. The van der Waals surface area contributed by atoms with Crippen molar-refractivity contribution in [2.75, 3.05) is 19.5 Å². The van der Waals surface area contributed by atoms with Crippen LogP contribution in [0.5, 0.6) is 11.5 Å². The molecule has 1 aromatic carbocycles. The quantitative estimate of drug-likeness (QED) is 0.854. The highest BCUT2D eigenvalue weighted by Crippen LogP contribution is 2.32. The summed E-state index contributed by atoms with van der Waals surface area (Å²) >= 11 is 0. The molecule has 0 aliphatic carbocycles. The van der Waals surface area contributed by atoms with Gasteiger partial charge in [-0.1, -0.05) is 0 Å². The first-order valence-electron chi connectivity index (χ1n) is 5.49. The van der Waals surface area contributed by atoms with Crippen molar-refractivity contribution in [3.05, 3.63) is 17.7 Å². The first-order valence-corrected chi connectivity index (χ1v) is 5.49. The second-order valence-corrected chi connectivity index (χ2v) is 4.00. The summed E-state index contributed by atoms with van der Waals surface area (Å²) in [7, 11) is 3.22. The summed E-state index contributed by atoms with van der Waals surface area (Å²) in [5.41, 5.74) is 1.75. The Morgan fingerprint density at radius 1 is 1.24 bits per heavy atom. The van der Waals surface area contributed by atoms with Gasteiger partial charge in [0.05, 0.1) is 25.9 Å². The minimum Gasteiger partial charge on any atom is -0.496 e. The van der Waals surface area contributed by atoms with Gasteiger partial charge >= 0.3 is 0 Å². The summed E-state index contributed by atoms with van der Waals surface area (Å²) in [6.07, 6.45) is 0. The largest absolute Gasteiger partial charge is 0.496 e. The van der Waals surface area contributed by atoms with E-state index in [1.165, 1.54) is 0 Å². The van der Waals surface area contributed by atoms with Gasteiger partial charge in [-0.2, -0.15) is 0 Å². The number of Topliss-reactive ketones (excluding diaryl/α,β-unsaturated/α-hetero) is 1. The van der Waals surface area contributed by atoms with Gasteiger partial charge in [-0.25, -0.2) is 0 Å². The Morgan fingerprint density at radius 3 is 2.29 bits per heavy atom. The van der Waals surface area contributed by atoms with E-state index in [2.05, 4.69) is 5.32 Å². The minimum absolute atomic E-state index is 0.0756. The molecule has 1 rings (SSSR count). The van der Waals surface area contributed by atoms with Crippen molar-refractivity contribution >= 4 is 11.5 Å². The predicted octanol–water partition coefficient (Wildman–Crippen LogP) is 2.40. The summed E-state index contributed by atoms with van der Waals surface area (Å²) in [6, 6.07) is 3.47. The Labute approximate surface area is 102 Å². The molecule has 0 radical (unpaired) electrons. The average molecular weight is 237 g/mol. The molecular formula is C13H19NO3. The van der Waals surface area contributed by atoms with E-state index in [0.717, 1.165) is 17.0 Å². The molecule has 0 spiro atoms. The summed E-state index contributed by atoms with van der Waals surface area (Å²) < 4.78 is 10.5. The van der Waals surface area contributed by atoms with Crippen molar-refractivity contribution in [3.63, 3.8) is 0 Å². The maximum atomic E-state index is 11.2. The Hall–Kier alpha value is -1.71. The van der Waals surface area contributed by atoms with Gasteiger partial charge in [0.15, 0.2) is 5.78 Å². The lowest BCUT2D eigenvalue weighted by Gasteiger charge is -2.17. The van der Waals surface area contributed by atoms with Crippen LogP contribution in [0.4, 0.5) is 5.69 Å². The number of hydrogen-bond acceptors (Lipinski definition) is 4. The summed E-state index contributed by atoms with van der Waals surface area (Å²) in [4.78, 5) is 11.2. The number of anilines is 1. The Balaban J connectivity index is 3.08. The zero-order chi connectivity index (χ0) is 13.0. The van der Waals surface area contributed by atoms with Crippen LogP contribution in [-0.2, 0) is 4.79 Å². The lowest BCUT2D eigenvalue weighted by atomic mass is 10.1. The van der Waals surface area contributed by atoms with E-state index >= 15 is 0 Å². The van der Waals surface area contributed by atoms with Crippen LogP contribution in [0, 0.1) is 6.92 Å². The molecule has 1 N–H and O–H groups in total. The van der Waals surface area contributed by atoms with Gasteiger partial charge in [-0.15, -0.1) is 0 Å². The highest BCUT2D eigenvalue weighted by molar-refractivity contribution is 5.84. The first-order chi connectivity index (χ1) is 7.99. The van der Waals surface area contributed by atoms with Crippen molar-refractivity contribution in [2.45, 2.75) is 26.8 Å². The number of carbonyl (C=O) groups is 1. The van der Waals surface area contributed by atoms with Gasteiger partial charge in [-0.05, 0) is 32.4 Å². The third kappa shape index (κ3) is 3.12. The zero-order valence-corrected chi connectivity index (χ0v) is 11.0. The SMILES string of the molecule is COc1cc(NC(C)C(C)=O)c(OC)cc1C. The predicted molar refractivity (Wildman–Crippen MR) is 68.0 cm³/mol. The average Bonchev–Trinajstić information content (AvgIpc) is 2.30. The fourth-order valence-corrected chi connectivity index (χ4v) is 1.50. The molecule has 0 saturated heterocycles. The van der Waals surface area contributed by atoms with E-state index in [9.17, 15) is 4.79 Å². The Morgan fingerprint density at radius 2 is 1.82 bits per heavy atom. The maximum absolute atomic E-state index is 11.2. The van der Waals surface area contributed by atoms with Crippen LogP contribution >= 0.6 is 0 Å². The molecule has 0 heterocycles. The van der Waals surface area contributed by atoms with E-state index in [4.69, 9.17) is 9.47 Å².